The van der Waals surface area contributed by atoms with E-state index in [0.29, 0.717) is 0 Å². The SMILES string of the molecule is CNCCCn1ccc2c(OC(C)C)cccc21. The number of nitrogens with zero attached hydrogens (tertiary/aromatic N) is 1. The van der Waals surface area contributed by atoms with E-state index in [1.807, 2.05) is 13.1 Å². The van der Waals surface area contributed by atoms with Gasteiger partial charge in [0, 0.05) is 18.1 Å². The number of benzene rings is 1. The summed E-state index contributed by atoms with van der Waals surface area (Å²) in [7, 11) is 1.99. The van der Waals surface area contributed by atoms with Crippen molar-refractivity contribution in [1.82, 2.24) is 9.88 Å². The lowest BCUT2D eigenvalue weighted by Crippen LogP contribution is -2.10. The molecule has 0 aliphatic heterocycles. The van der Waals surface area contributed by atoms with Crippen LogP contribution in [0.1, 0.15) is 20.3 Å². The summed E-state index contributed by atoms with van der Waals surface area (Å²) in [5.74, 6) is 0.981. The van der Waals surface area contributed by atoms with Gasteiger partial charge in [-0.2, -0.15) is 0 Å². The van der Waals surface area contributed by atoms with Crippen molar-refractivity contribution >= 4 is 10.9 Å². The van der Waals surface area contributed by atoms with Gasteiger partial charge in [-0.05, 0) is 52.1 Å². The molecule has 3 heteroatoms. The molecule has 0 saturated carbocycles. The van der Waals surface area contributed by atoms with Crippen molar-refractivity contribution in [3.05, 3.63) is 30.5 Å². The van der Waals surface area contributed by atoms with Gasteiger partial charge < -0.3 is 14.6 Å². The van der Waals surface area contributed by atoms with Gasteiger partial charge in [0.2, 0.25) is 0 Å². The standard InChI is InChI=1S/C15H22N2O/c1-12(2)18-15-7-4-6-14-13(15)8-11-17(14)10-5-9-16-3/h4,6-8,11-12,16H,5,9-10H2,1-3H3. The lowest BCUT2D eigenvalue weighted by atomic mass is 10.2. The zero-order valence-corrected chi connectivity index (χ0v) is 11.4. The maximum absolute atomic E-state index is 5.84. The number of fused-ring (bicyclic) bond motifs is 1. The fraction of sp³-hybridized carbons (Fsp3) is 0.467. The Morgan fingerprint density at radius 2 is 2.11 bits per heavy atom. The third kappa shape index (κ3) is 2.85. The first kappa shape index (κ1) is 13.0. The fourth-order valence-corrected chi connectivity index (χ4v) is 2.17. The first-order valence-electron chi connectivity index (χ1n) is 6.61. The number of ether oxygens (including phenoxy) is 1. The van der Waals surface area contributed by atoms with Gasteiger partial charge in [-0.15, -0.1) is 0 Å². The van der Waals surface area contributed by atoms with Crippen LogP contribution in [0.2, 0.25) is 0 Å². The van der Waals surface area contributed by atoms with Crippen LogP contribution in [0.3, 0.4) is 0 Å². The van der Waals surface area contributed by atoms with Gasteiger partial charge in [0.05, 0.1) is 11.6 Å². The molecule has 0 radical (unpaired) electrons. The van der Waals surface area contributed by atoms with Crippen LogP contribution in [0.25, 0.3) is 10.9 Å². The molecule has 18 heavy (non-hydrogen) atoms. The summed E-state index contributed by atoms with van der Waals surface area (Å²) in [5.41, 5.74) is 1.25. The van der Waals surface area contributed by atoms with Gasteiger partial charge >= 0.3 is 0 Å². The van der Waals surface area contributed by atoms with Crippen LogP contribution >= 0.6 is 0 Å². The lowest BCUT2D eigenvalue weighted by Gasteiger charge is -2.11. The third-order valence-electron chi connectivity index (χ3n) is 2.96. The van der Waals surface area contributed by atoms with Crippen LogP contribution in [0.15, 0.2) is 30.5 Å². The molecular weight excluding hydrogens is 224 g/mol. The zero-order valence-electron chi connectivity index (χ0n) is 11.4. The quantitative estimate of drug-likeness (QED) is 0.793. The second kappa shape index (κ2) is 5.91. The van der Waals surface area contributed by atoms with Crippen LogP contribution in [0.4, 0.5) is 0 Å². The summed E-state index contributed by atoms with van der Waals surface area (Å²) >= 11 is 0. The highest BCUT2D eigenvalue weighted by Gasteiger charge is 2.07. The van der Waals surface area contributed by atoms with E-state index in [0.717, 1.165) is 25.3 Å². The molecule has 0 bridgehead atoms. The molecule has 3 nitrogen and oxygen atoms in total. The van der Waals surface area contributed by atoms with Crippen LogP contribution in [-0.2, 0) is 6.54 Å². The number of hydrogen-bond acceptors (Lipinski definition) is 2. The number of hydrogen-bond donors (Lipinski definition) is 1. The third-order valence-corrected chi connectivity index (χ3v) is 2.96. The van der Waals surface area contributed by atoms with Crippen molar-refractivity contribution in [2.75, 3.05) is 13.6 Å². The highest BCUT2D eigenvalue weighted by atomic mass is 16.5. The summed E-state index contributed by atoms with van der Waals surface area (Å²) in [6.07, 6.45) is 3.49. The Bertz CT molecular complexity index is 502. The van der Waals surface area contributed by atoms with E-state index in [1.54, 1.807) is 0 Å². The fourth-order valence-electron chi connectivity index (χ4n) is 2.17. The average Bonchev–Trinajstić information content (AvgIpc) is 2.74. The largest absolute Gasteiger partial charge is 0.490 e. The smallest absolute Gasteiger partial charge is 0.129 e. The van der Waals surface area contributed by atoms with Crippen molar-refractivity contribution < 1.29 is 4.74 Å². The molecular formula is C15H22N2O. The van der Waals surface area contributed by atoms with Crippen molar-refractivity contribution in [1.29, 1.82) is 0 Å². The molecule has 0 aliphatic rings. The molecule has 0 saturated heterocycles. The maximum atomic E-state index is 5.84. The summed E-state index contributed by atoms with van der Waals surface area (Å²) in [6, 6.07) is 8.41. The van der Waals surface area contributed by atoms with Crippen molar-refractivity contribution in [2.45, 2.75) is 32.9 Å². The van der Waals surface area contributed by atoms with Gasteiger partial charge in [0.1, 0.15) is 5.75 Å². The molecule has 1 aromatic heterocycles. The van der Waals surface area contributed by atoms with Gasteiger partial charge in [0.25, 0.3) is 0 Å². The minimum atomic E-state index is 0.211. The van der Waals surface area contributed by atoms with E-state index in [-0.39, 0.29) is 6.10 Å². The van der Waals surface area contributed by atoms with Crippen molar-refractivity contribution in [2.24, 2.45) is 0 Å². The normalized spacial score (nSPS) is 11.3. The maximum Gasteiger partial charge on any atom is 0.129 e. The van der Waals surface area contributed by atoms with Crippen LogP contribution in [-0.4, -0.2) is 24.3 Å². The van der Waals surface area contributed by atoms with E-state index in [9.17, 15) is 0 Å². The van der Waals surface area contributed by atoms with E-state index in [2.05, 4.69) is 48.1 Å². The Morgan fingerprint density at radius 1 is 1.28 bits per heavy atom. The van der Waals surface area contributed by atoms with Crippen molar-refractivity contribution in [3.63, 3.8) is 0 Å². The minimum absolute atomic E-state index is 0.211. The van der Waals surface area contributed by atoms with E-state index in [4.69, 9.17) is 4.74 Å². The average molecular weight is 246 g/mol. The second-order valence-electron chi connectivity index (χ2n) is 4.82. The summed E-state index contributed by atoms with van der Waals surface area (Å²) in [4.78, 5) is 0. The number of rotatable bonds is 6. The first-order valence-corrected chi connectivity index (χ1v) is 6.61. The highest BCUT2D eigenvalue weighted by molar-refractivity contribution is 5.86. The molecule has 2 aromatic rings. The molecule has 0 atom stereocenters. The Labute approximate surface area is 109 Å². The highest BCUT2D eigenvalue weighted by Crippen LogP contribution is 2.27. The minimum Gasteiger partial charge on any atom is -0.490 e. The molecule has 0 fully saturated rings. The molecule has 0 unspecified atom stereocenters. The van der Waals surface area contributed by atoms with Gasteiger partial charge in [0.15, 0.2) is 0 Å². The molecule has 1 aromatic carbocycles. The van der Waals surface area contributed by atoms with Gasteiger partial charge in [-0.25, -0.2) is 0 Å². The van der Waals surface area contributed by atoms with Gasteiger partial charge in [-0.3, -0.25) is 0 Å². The van der Waals surface area contributed by atoms with Crippen LogP contribution < -0.4 is 10.1 Å². The number of nitrogens with one attached hydrogen (secondary N) is 1. The van der Waals surface area contributed by atoms with Gasteiger partial charge in [-0.1, -0.05) is 6.07 Å². The summed E-state index contributed by atoms with van der Waals surface area (Å²) in [6.45, 7) is 6.20. The molecule has 98 valence electrons. The lowest BCUT2D eigenvalue weighted by molar-refractivity contribution is 0.245. The number of aromatic nitrogens is 1. The first-order chi connectivity index (χ1) is 8.72. The second-order valence-corrected chi connectivity index (χ2v) is 4.82. The molecule has 2 rings (SSSR count). The predicted molar refractivity (Wildman–Crippen MR) is 76.2 cm³/mol. The number of aryl methyl sites for hydroxylation is 1. The summed E-state index contributed by atoms with van der Waals surface area (Å²) < 4.78 is 8.13. The Morgan fingerprint density at radius 3 is 2.83 bits per heavy atom. The predicted octanol–water partition coefficient (Wildman–Crippen LogP) is 3.04. The van der Waals surface area contributed by atoms with E-state index >= 15 is 0 Å². The van der Waals surface area contributed by atoms with E-state index in [1.165, 1.54) is 10.9 Å². The Balaban J connectivity index is 2.24. The topological polar surface area (TPSA) is 26.2 Å². The van der Waals surface area contributed by atoms with Crippen LogP contribution in [0.5, 0.6) is 5.75 Å². The summed E-state index contributed by atoms with van der Waals surface area (Å²) in [5, 5.41) is 4.38. The Kier molecular flexibility index (Phi) is 4.26. The molecule has 0 aliphatic carbocycles. The Hall–Kier alpha value is -1.48. The van der Waals surface area contributed by atoms with Crippen LogP contribution in [0, 0.1) is 0 Å². The van der Waals surface area contributed by atoms with Crippen molar-refractivity contribution in [3.8, 4) is 5.75 Å². The molecule has 0 amide bonds. The molecule has 1 N–H and O–H groups in total. The monoisotopic (exact) mass is 246 g/mol. The molecule has 0 spiro atoms. The zero-order chi connectivity index (χ0) is 13.0. The van der Waals surface area contributed by atoms with E-state index < -0.39 is 0 Å². The molecule has 1 heterocycles.